The molecule has 0 saturated carbocycles. The number of nitrogens with zero attached hydrogens (tertiary/aromatic N) is 1. The van der Waals surface area contributed by atoms with Gasteiger partial charge in [-0.2, -0.15) is 0 Å². The largest absolute Gasteiger partial charge is 0.376 e. The molecule has 2 aliphatic heterocycles. The van der Waals surface area contributed by atoms with Crippen molar-refractivity contribution in [3.63, 3.8) is 0 Å². The number of anilines is 1. The van der Waals surface area contributed by atoms with Crippen LogP contribution in [0, 0.1) is 0 Å². The van der Waals surface area contributed by atoms with Crippen LogP contribution >= 0.6 is 0 Å². The monoisotopic (exact) mass is 471 g/mol. The lowest BCUT2D eigenvalue weighted by atomic mass is 10.1. The number of carbonyl (C=O) groups is 2. The van der Waals surface area contributed by atoms with Crippen LogP contribution in [0.25, 0.3) is 0 Å². The first kappa shape index (κ1) is 23.4. The minimum atomic E-state index is -3.34. The third kappa shape index (κ3) is 5.98. The van der Waals surface area contributed by atoms with Gasteiger partial charge in [-0.25, -0.2) is 12.7 Å². The molecule has 0 unspecified atom stereocenters. The number of hydrogen-bond acceptors (Lipinski definition) is 5. The topological polar surface area (TPSA) is 105 Å². The van der Waals surface area contributed by atoms with E-state index in [0.717, 1.165) is 32.3 Å². The highest BCUT2D eigenvalue weighted by Gasteiger charge is 2.25. The van der Waals surface area contributed by atoms with Crippen LogP contribution in [-0.2, 0) is 20.5 Å². The second-order valence-corrected chi connectivity index (χ2v) is 10.4. The van der Waals surface area contributed by atoms with Crippen LogP contribution in [0.15, 0.2) is 48.5 Å². The predicted molar refractivity (Wildman–Crippen MR) is 126 cm³/mol. The lowest BCUT2D eigenvalue weighted by Crippen LogP contribution is -2.32. The maximum Gasteiger partial charge on any atom is 0.255 e. The van der Waals surface area contributed by atoms with E-state index in [1.807, 2.05) is 0 Å². The van der Waals surface area contributed by atoms with Gasteiger partial charge in [0.05, 0.1) is 23.1 Å². The molecule has 176 valence electrons. The maximum atomic E-state index is 12.8. The van der Waals surface area contributed by atoms with Crippen LogP contribution in [0.3, 0.4) is 0 Å². The maximum absolute atomic E-state index is 12.8. The Bertz CT molecular complexity index is 1090. The van der Waals surface area contributed by atoms with Crippen molar-refractivity contribution in [3.8, 4) is 0 Å². The number of rotatable bonds is 8. The highest BCUT2D eigenvalue weighted by atomic mass is 32.2. The third-order valence-electron chi connectivity index (χ3n) is 5.96. The average molecular weight is 472 g/mol. The Kier molecular flexibility index (Phi) is 7.42. The van der Waals surface area contributed by atoms with Crippen LogP contribution in [-0.4, -0.2) is 56.9 Å². The number of benzene rings is 2. The number of ether oxygens (including phenoxy) is 1. The number of para-hydroxylation sites is 1. The zero-order valence-electron chi connectivity index (χ0n) is 18.5. The van der Waals surface area contributed by atoms with Gasteiger partial charge >= 0.3 is 0 Å². The molecule has 0 bridgehead atoms. The fourth-order valence-electron chi connectivity index (χ4n) is 4.11. The molecule has 4 rings (SSSR count). The minimum Gasteiger partial charge on any atom is -0.376 e. The molecule has 2 amide bonds. The summed E-state index contributed by atoms with van der Waals surface area (Å²) >= 11 is 0. The number of amides is 2. The zero-order chi connectivity index (χ0) is 23.3. The first-order valence-electron chi connectivity index (χ1n) is 11.3. The van der Waals surface area contributed by atoms with Gasteiger partial charge in [-0.15, -0.1) is 0 Å². The Balaban J connectivity index is 1.38. The number of hydrogen-bond donors (Lipinski definition) is 2. The van der Waals surface area contributed by atoms with E-state index in [0.29, 0.717) is 42.0 Å². The van der Waals surface area contributed by atoms with Crippen molar-refractivity contribution >= 4 is 27.5 Å². The second kappa shape index (κ2) is 10.5. The van der Waals surface area contributed by atoms with E-state index >= 15 is 0 Å². The first-order chi connectivity index (χ1) is 15.9. The SMILES string of the molecule is O=C(Nc1ccccc1C(=O)NC[C@@H]1CCCO1)c1ccc(CS(=O)(=O)N2CCCC2)cc1. The molecule has 2 saturated heterocycles. The lowest BCUT2D eigenvalue weighted by Gasteiger charge is -2.15. The third-order valence-corrected chi connectivity index (χ3v) is 7.81. The molecule has 33 heavy (non-hydrogen) atoms. The summed E-state index contributed by atoms with van der Waals surface area (Å²) in [6.07, 6.45) is 3.74. The highest BCUT2D eigenvalue weighted by Crippen LogP contribution is 2.20. The molecular weight excluding hydrogens is 442 g/mol. The fraction of sp³-hybridized carbons (Fsp3) is 0.417. The van der Waals surface area contributed by atoms with Crippen molar-refractivity contribution in [2.45, 2.75) is 37.5 Å². The van der Waals surface area contributed by atoms with E-state index in [-0.39, 0.29) is 23.7 Å². The predicted octanol–water partition coefficient (Wildman–Crippen LogP) is 2.77. The number of sulfonamides is 1. The van der Waals surface area contributed by atoms with Crippen LogP contribution in [0.1, 0.15) is 52.0 Å². The molecule has 1 atom stereocenters. The van der Waals surface area contributed by atoms with Gasteiger partial charge in [0.2, 0.25) is 10.0 Å². The van der Waals surface area contributed by atoms with E-state index in [9.17, 15) is 18.0 Å². The van der Waals surface area contributed by atoms with Crippen molar-refractivity contribution in [1.82, 2.24) is 9.62 Å². The Morgan fingerprint density at radius 3 is 2.39 bits per heavy atom. The van der Waals surface area contributed by atoms with Gasteiger partial charge in [-0.05, 0) is 55.5 Å². The van der Waals surface area contributed by atoms with Crippen molar-refractivity contribution in [2.24, 2.45) is 0 Å². The van der Waals surface area contributed by atoms with Gasteiger partial charge in [-0.1, -0.05) is 24.3 Å². The van der Waals surface area contributed by atoms with E-state index in [2.05, 4.69) is 10.6 Å². The molecule has 8 nitrogen and oxygen atoms in total. The number of carbonyl (C=O) groups excluding carboxylic acids is 2. The molecule has 2 aliphatic rings. The Morgan fingerprint density at radius 2 is 1.70 bits per heavy atom. The van der Waals surface area contributed by atoms with Crippen molar-refractivity contribution in [1.29, 1.82) is 0 Å². The normalized spacial score (nSPS) is 18.8. The summed E-state index contributed by atoms with van der Waals surface area (Å²) in [5, 5.41) is 5.66. The van der Waals surface area contributed by atoms with Gasteiger partial charge < -0.3 is 15.4 Å². The molecule has 2 heterocycles. The van der Waals surface area contributed by atoms with Crippen LogP contribution in [0.2, 0.25) is 0 Å². The summed E-state index contributed by atoms with van der Waals surface area (Å²) in [5.41, 5.74) is 1.80. The Labute approximate surface area is 194 Å². The van der Waals surface area contributed by atoms with Gasteiger partial charge in [0.15, 0.2) is 0 Å². The van der Waals surface area contributed by atoms with E-state index < -0.39 is 10.0 Å². The van der Waals surface area contributed by atoms with Crippen LogP contribution in [0.4, 0.5) is 5.69 Å². The first-order valence-corrected chi connectivity index (χ1v) is 12.9. The summed E-state index contributed by atoms with van der Waals surface area (Å²) in [6, 6.07) is 13.3. The molecular formula is C24H29N3O5S. The molecule has 2 aromatic rings. The van der Waals surface area contributed by atoms with Crippen LogP contribution < -0.4 is 10.6 Å². The van der Waals surface area contributed by atoms with Gasteiger partial charge in [-0.3, -0.25) is 9.59 Å². The molecule has 0 aliphatic carbocycles. The summed E-state index contributed by atoms with van der Waals surface area (Å²) in [5.74, 6) is -0.727. The van der Waals surface area contributed by atoms with Gasteiger partial charge in [0.25, 0.3) is 11.8 Å². The molecule has 2 aromatic carbocycles. The second-order valence-electron chi connectivity index (χ2n) is 8.40. The van der Waals surface area contributed by atoms with Crippen molar-refractivity contribution in [3.05, 3.63) is 65.2 Å². The molecule has 2 N–H and O–H groups in total. The zero-order valence-corrected chi connectivity index (χ0v) is 19.3. The lowest BCUT2D eigenvalue weighted by molar-refractivity contribution is 0.0858. The molecule has 0 spiro atoms. The Hall–Kier alpha value is -2.75. The van der Waals surface area contributed by atoms with E-state index in [1.54, 1.807) is 48.5 Å². The molecule has 9 heteroatoms. The van der Waals surface area contributed by atoms with E-state index in [4.69, 9.17) is 4.74 Å². The van der Waals surface area contributed by atoms with Gasteiger partial charge in [0, 0.05) is 31.8 Å². The van der Waals surface area contributed by atoms with Crippen molar-refractivity contribution in [2.75, 3.05) is 31.6 Å². The molecule has 2 fully saturated rings. The van der Waals surface area contributed by atoms with Gasteiger partial charge in [0.1, 0.15) is 0 Å². The van der Waals surface area contributed by atoms with Crippen molar-refractivity contribution < 1.29 is 22.7 Å². The Morgan fingerprint density at radius 1 is 0.970 bits per heavy atom. The van der Waals surface area contributed by atoms with E-state index in [1.165, 1.54) is 4.31 Å². The summed E-state index contributed by atoms with van der Waals surface area (Å²) in [7, 11) is -3.34. The summed E-state index contributed by atoms with van der Waals surface area (Å²) < 4.78 is 32.1. The molecule has 0 radical (unpaired) electrons. The minimum absolute atomic E-state index is 0.0310. The summed E-state index contributed by atoms with van der Waals surface area (Å²) in [4.78, 5) is 25.4. The smallest absolute Gasteiger partial charge is 0.255 e. The van der Waals surface area contributed by atoms with Crippen LogP contribution in [0.5, 0.6) is 0 Å². The standard InChI is InChI=1S/C24H29N3O5S/c28-23(19-11-9-18(10-12-19)17-33(30,31)27-13-3-4-14-27)26-22-8-2-1-7-21(22)24(29)25-16-20-6-5-15-32-20/h1-2,7-12,20H,3-6,13-17H2,(H,25,29)(H,26,28)/t20-/m0/s1. The quantitative estimate of drug-likeness (QED) is 0.616. The number of nitrogens with one attached hydrogen (secondary N) is 2. The molecule has 0 aromatic heterocycles. The summed E-state index contributed by atoms with van der Waals surface area (Å²) in [6.45, 7) is 2.30. The highest BCUT2D eigenvalue weighted by molar-refractivity contribution is 7.88. The average Bonchev–Trinajstić information content (AvgIpc) is 3.53. The fourth-order valence-corrected chi connectivity index (χ4v) is 5.72.